The van der Waals surface area contributed by atoms with Crippen LogP contribution in [0.1, 0.15) is 24.2 Å². The number of methoxy groups -OCH3 is 1. The van der Waals surface area contributed by atoms with Crippen LogP contribution in [0.3, 0.4) is 0 Å². The van der Waals surface area contributed by atoms with Gasteiger partial charge in [-0.1, -0.05) is 60.7 Å². The average molecular weight is 370 g/mol. The number of esters is 1. The minimum atomic E-state index is -0.313. The predicted molar refractivity (Wildman–Crippen MR) is 114 cm³/mol. The summed E-state index contributed by atoms with van der Waals surface area (Å²) in [6.45, 7) is 3.72. The summed E-state index contributed by atoms with van der Waals surface area (Å²) in [7, 11) is 1.67. The first-order chi connectivity index (χ1) is 13.6. The Bertz CT molecular complexity index is 1170. The lowest BCUT2D eigenvalue weighted by Crippen LogP contribution is -2.12. The molecule has 0 aliphatic rings. The molecule has 4 aromatic carbocycles. The molecule has 0 heterocycles. The van der Waals surface area contributed by atoms with Crippen molar-refractivity contribution in [1.29, 1.82) is 0 Å². The Hall–Kier alpha value is -3.33. The third kappa shape index (κ3) is 3.09. The summed E-state index contributed by atoms with van der Waals surface area (Å²) in [6.07, 6.45) is -0.179. The summed E-state index contributed by atoms with van der Waals surface area (Å²) < 4.78 is 11.2. The fraction of sp³-hybridized carbons (Fsp3) is 0.160. The number of fused-ring (bicyclic) bond motifs is 2. The Morgan fingerprint density at radius 2 is 1.54 bits per heavy atom. The lowest BCUT2D eigenvalue weighted by molar-refractivity contribution is 0.0380. The molecule has 0 spiro atoms. The number of carbonyl (C=O) groups excluding carboxylic acids is 1. The molecular weight excluding hydrogens is 348 g/mol. The highest BCUT2D eigenvalue weighted by Gasteiger charge is 2.19. The van der Waals surface area contributed by atoms with Gasteiger partial charge in [-0.3, -0.25) is 0 Å². The minimum absolute atomic E-state index is 0.179. The molecule has 140 valence electrons. The molecule has 0 amide bonds. The van der Waals surface area contributed by atoms with Gasteiger partial charge >= 0.3 is 5.97 Å². The molecule has 28 heavy (non-hydrogen) atoms. The van der Waals surface area contributed by atoms with Gasteiger partial charge in [0, 0.05) is 10.9 Å². The summed E-state index contributed by atoms with van der Waals surface area (Å²) in [4.78, 5) is 12.8. The topological polar surface area (TPSA) is 35.5 Å². The van der Waals surface area contributed by atoms with Crippen LogP contribution in [0.2, 0.25) is 0 Å². The van der Waals surface area contributed by atoms with E-state index in [-0.39, 0.29) is 12.1 Å². The van der Waals surface area contributed by atoms with E-state index in [2.05, 4.69) is 18.2 Å². The standard InChI is InChI=1S/C25H22O3/c1-16(2)28-25(26)21-13-7-10-18-9-6-12-20(23(18)21)24-19-11-5-4-8-17(19)14-15-22(24)27-3/h4-16H,1-3H3. The van der Waals surface area contributed by atoms with Crippen LogP contribution in [0, 0.1) is 0 Å². The van der Waals surface area contributed by atoms with Gasteiger partial charge in [-0.15, -0.1) is 0 Å². The second kappa shape index (κ2) is 7.35. The molecule has 0 aromatic heterocycles. The summed E-state index contributed by atoms with van der Waals surface area (Å²) in [5.41, 5.74) is 2.51. The molecule has 0 bridgehead atoms. The number of hydrogen-bond acceptors (Lipinski definition) is 3. The molecular formula is C25H22O3. The van der Waals surface area contributed by atoms with E-state index < -0.39 is 0 Å². The molecule has 0 saturated heterocycles. The van der Waals surface area contributed by atoms with Crippen LogP contribution < -0.4 is 4.74 Å². The third-order valence-corrected chi connectivity index (χ3v) is 4.85. The highest BCUT2D eigenvalue weighted by atomic mass is 16.5. The van der Waals surface area contributed by atoms with E-state index in [0.717, 1.165) is 38.4 Å². The van der Waals surface area contributed by atoms with E-state index in [0.29, 0.717) is 5.56 Å². The predicted octanol–water partition coefficient (Wildman–Crippen LogP) is 6.23. The van der Waals surface area contributed by atoms with Crippen molar-refractivity contribution >= 4 is 27.5 Å². The summed E-state index contributed by atoms with van der Waals surface area (Å²) in [6, 6.07) is 24.0. The zero-order valence-electron chi connectivity index (χ0n) is 16.2. The molecule has 0 radical (unpaired) electrons. The Morgan fingerprint density at radius 3 is 2.29 bits per heavy atom. The van der Waals surface area contributed by atoms with Crippen molar-refractivity contribution < 1.29 is 14.3 Å². The maximum Gasteiger partial charge on any atom is 0.339 e. The van der Waals surface area contributed by atoms with Crippen LogP contribution >= 0.6 is 0 Å². The molecule has 3 nitrogen and oxygen atoms in total. The van der Waals surface area contributed by atoms with Gasteiger partial charge in [0.05, 0.1) is 18.8 Å². The molecule has 4 rings (SSSR count). The summed E-state index contributed by atoms with van der Waals surface area (Å²) >= 11 is 0. The van der Waals surface area contributed by atoms with Gasteiger partial charge in [-0.05, 0) is 47.7 Å². The largest absolute Gasteiger partial charge is 0.496 e. The van der Waals surface area contributed by atoms with Crippen molar-refractivity contribution in [2.24, 2.45) is 0 Å². The first kappa shape index (κ1) is 18.1. The lowest BCUT2D eigenvalue weighted by Gasteiger charge is -2.17. The van der Waals surface area contributed by atoms with Crippen LogP contribution in [-0.2, 0) is 4.74 Å². The first-order valence-electron chi connectivity index (χ1n) is 9.39. The number of rotatable bonds is 4. The third-order valence-electron chi connectivity index (χ3n) is 4.85. The van der Waals surface area contributed by atoms with Gasteiger partial charge in [0.15, 0.2) is 0 Å². The van der Waals surface area contributed by atoms with Crippen molar-refractivity contribution in [3.63, 3.8) is 0 Å². The van der Waals surface area contributed by atoms with E-state index in [1.165, 1.54) is 0 Å². The Morgan fingerprint density at radius 1 is 0.821 bits per heavy atom. The van der Waals surface area contributed by atoms with E-state index in [4.69, 9.17) is 9.47 Å². The molecule has 0 aliphatic carbocycles. The maximum absolute atomic E-state index is 12.8. The maximum atomic E-state index is 12.8. The number of carbonyl (C=O) groups is 1. The van der Waals surface area contributed by atoms with Crippen molar-refractivity contribution in [3.8, 4) is 16.9 Å². The van der Waals surface area contributed by atoms with Crippen molar-refractivity contribution in [3.05, 3.63) is 78.4 Å². The zero-order valence-corrected chi connectivity index (χ0v) is 16.2. The normalized spacial score (nSPS) is 11.1. The number of hydrogen-bond donors (Lipinski definition) is 0. The van der Waals surface area contributed by atoms with Crippen LogP contribution in [0.5, 0.6) is 5.75 Å². The van der Waals surface area contributed by atoms with Gasteiger partial charge in [-0.25, -0.2) is 4.79 Å². The summed E-state index contributed by atoms with van der Waals surface area (Å²) in [5.74, 6) is 0.463. The SMILES string of the molecule is COc1ccc2ccccc2c1-c1cccc2cccc(C(=O)OC(C)C)c12. The van der Waals surface area contributed by atoms with E-state index in [1.54, 1.807) is 7.11 Å². The first-order valence-corrected chi connectivity index (χ1v) is 9.39. The second-order valence-corrected chi connectivity index (χ2v) is 7.03. The molecule has 0 fully saturated rings. The van der Waals surface area contributed by atoms with Crippen LogP contribution in [0.25, 0.3) is 32.7 Å². The van der Waals surface area contributed by atoms with Gasteiger partial charge in [0.2, 0.25) is 0 Å². The highest BCUT2D eigenvalue weighted by Crippen LogP contribution is 2.41. The fourth-order valence-electron chi connectivity index (χ4n) is 3.70. The molecule has 4 aromatic rings. The molecule has 3 heteroatoms. The average Bonchev–Trinajstić information content (AvgIpc) is 2.71. The summed E-state index contributed by atoms with van der Waals surface area (Å²) in [5, 5.41) is 4.08. The van der Waals surface area contributed by atoms with E-state index in [9.17, 15) is 4.79 Å². The quantitative estimate of drug-likeness (QED) is 0.399. The monoisotopic (exact) mass is 370 g/mol. The van der Waals surface area contributed by atoms with Gasteiger partial charge in [0.1, 0.15) is 5.75 Å². The molecule has 0 saturated carbocycles. The van der Waals surface area contributed by atoms with Crippen LogP contribution in [-0.4, -0.2) is 19.2 Å². The van der Waals surface area contributed by atoms with E-state index in [1.807, 2.05) is 68.4 Å². The fourth-order valence-corrected chi connectivity index (χ4v) is 3.70. The van der Waals surface area contributed by atoms with Crippen molar-refractivity contribution in [1.82, 2.24) is 0 Å². The Labute approximate surface area is 164 Å². The van der Waals surface area contributed by atoms with Gasteiger partial charge in [-0.2, -0.15) is 0 Å². The van der Waals surface area contributed by atoms with Crippen LogP contribution in [0.15, 0.2) is 72.8 Å². The van der Waals surface area contributed by atoms with Crippen molar-refractivity contribution in [2.75, 3.05) is 7.11 Å². The Kier molecular flexibility index (Phi) is 4.74. The smallest absolute Gasteiger partial charge is 0.339 e. The molecule has 0 N–H and O–H groups in total. The van der Waals surface area contributed by atoms with Crippen molar-refractivity contribution in [2.45, 2.75) is 20.0 Å². The Balaban J connectivity index is 2.08. The molecule has 0 atom stereocenters. The second-order valence-electron chi connectivity index (χ2n) is 7.03. The van der Waals surface area contributed by atoms with Gasteiger partial charge < -0.3 is 9.47 Å². The zero-order chi connectivity index (χ0) is 19.7. The minimum Gasteiger partial charge on any atom is -0.496 e. The van der Waals surface area contributed by atoms with Gasteiger partial charge in [0.25, 0.3) is 0 Å². The van der Waals surface area contributed by atoms with E-state index >= 15 is 0 Å². The molecule has 0 aliphatic heterocycles. The number of benzene rings is 4. The molecule has 0 unspecified atom stereocenters. The number of ether oxygens (including phenoxy) is 2. The highest BCUT2D eigenvalue weighted by molar-refractivity contribution is 6.14. The lowest BCUT2D eigenvalue weighted by atomic mass is 9.91. The van der Waals surface area contributed by atoms with Crippen LogP contribution in [0.4, 0.5) is 0 Å².